The van der Waals surface area contributed by atoms with E-state index in [0.29, 0.717) is 0 Å². The van der Waals surface area contributed by atoms with Crippen LogP contribution in [0.3, 0.4) is 0 Å². The highest BCUT2D eigenvalue weighted by Crippen LogP contribution is 2.27. The van der Waals surface area contributed by atoms with Gasteiger partial charge in [-0.05, 0) is 19.8 Å². The Bertz CT molecular complexity index is 355. The van der Waals surface area contributed by atoms with Gasteiger partial charge in [0.05, 0.1) is 6.61 Å². The van der Waals surface area contributed by atoms with Gasteiger partial charge in [-0.25, -0.2) is 0 Å². The van der Waals surface area contributed by atoms with E-state index in [9.17, 15) is 0 Å². The largest absolute Gasteiger partial charge is 0.394 e. The third-order valence-electron chi connectivity index (χ3n) is 2.51. The van der Waals surface area contributed by atoms with Crippen molar-refractivity contribution in [2.45, 2.75) is 36.1 Å². The summed E-state index contributed by atoms with van der Waals surface area (Å²) in [5.74, 6) is 1.02. The van der Waals surface area contributed by atoms with Crippen LogP contribution in [-0.2, 0) is 0 Å². The zero-order valence-electron chi connectivity index (χ0n) is 11.2. The van der Waals surface area contributed by atoms with Crippen molar-refractivity contribution >= 4 is 28.2 Å². The molecular formula is C11H22N4OS2. The molecule has 0 saturated carbocycles. The van der Waals surface area contributed by atoms with Gasteiger partial charge in [-0.1, -0.05) is 29.5 Å². The zero-order chi connectivity index (χ0) is 13.6. The number of thioether (sulfide) groups is 1. The highest BCUT2D eigenvalue weighted by Gasteiger charge is 2.15. The fraction of sp³-hybridized carbons (Fsp3) is 0.818. The molecule has 7 heteroatoms. The van der Waals surface area contributed by atoms with E-state index in [1.807, 2.05) is 25.9 Å². The van der Waals surface area contributed by atoms with E-state index in [-0.39, 0.29) is 6.61 Å². The Kier molecular flexibility index (Phi) is 6.34. The Morgan fingerprint density at radius 1 is 1.39 bits per heavy atom. The molecule has 0 saturated heterocycles. The molecule has 0 aromatic carbocycles. The third kappa shape index (κ3) is 5.51. The predicted molar refractivity (Wildman–Crippen MR) is 78.5 cm³/mol. The Morgan fingerprint density at radius 2 is 2.11 bits per heavy atom. The molecule has 0 fully saturated rings. The highest BCUT2D eigenvalue weighted by atomic mass is 32.2. The van der Waals surface area contributed by atoms with Crippen LogP contribution in [-0.4, -0.2) is 47.3 Å². The Labute approximate surface area is 117 Å². The molecule has 3 N–H and O–H groups in total. The molecule has 104 valence electrons. The Balaban J connectivity index is 2.18. The topological polar surface area (TPSA) is 75.3 Å². The molecular weight excluding hydrogens is 268 g/mol. The van der Waals surface area contributed by atoms with Crippen molar-refractivity contribution in [3.05, 3.63) is 0 Å². The molecule has 1 atom stereocenters. The van der Waals surface area contributed by atoms with E-state index in [1.165, 1.54) is 0 Å². The van der Waals surface area contributed by atoms with Gasteiger partial charge in [0.15, 0.2) is 4.34 Å². The van der Waals surface area contributed by atoms with Gasteiger partial charge in [0, 0.05) is 25.4 Å². The van der Waals surface area contributed by atoms with Crippen molar-refractivity contribution in [1.82, 2.24) is 10.2 Å². The van der Waals surface area contributed by atoms with Crippen molar-refractivity contribution in [3.63, 3.8) is 0 Å². The molecule has 0 bridgehead atoms. The second kappa shape index (κ2) is 7.28. The first-order valence-corrected chi connectivity index (χ1v) is 7.78. The van der Waals surface area contributed by atoms with Gasteiger partial charge >= 0.3 is 0 Å². The molecule has 18 heavy (non-hydrogen) atoms. The molecule has 1 rings (SSSR count). The quantitative estimate of drug-likeness (QED) is 0.559. The van der Waals surface area contributed by atoms with Crippen LogP contribution in [0, 0.1) is 0 Å². The molecule has 0 aliphatic carbocycles. The fourth-order valence-electron chi connectivity index (χ4n) is 1.31. The van der Waals surface area contributed by atoms with E-state index in [1.54, 1.807) is 23.1 Å². The van der Waals surface area contributed by atoms with Gasteiger partial charge < -0.3 is 15.7 Å². The first kappa shape index (κ1) is 15.7. The van der Waals surface area contributed by atoms with Crippen LogP contribution in [0.5, 0.6) is 0 Å². The summed E-state index contributed by atoms with van der Waals surface area (Å²) in [5, 5.41) is 18.2. The number of aliphatic hydroxyl groups is 1. The molecule has 1 aromatic heterocycles. The summed E-state index contributed by atoms with van der Waals surface area (Å²) in [5.41, 5.74) is 5.42. The number of nitrogens with two attached hydrogens (primary N) is 1. The molecule has 0 aliphatic rings. The molecule has 5 nitrogen and oxygen atoms in total. The molecule has 1 unspecified atom stereocenters. The number of hydrogen-bond donors (Lipinski definition) is 2. The summed E-state index contributed by atoms with van der Waals surface area (Å²) in [6.45, 7) is 1.93. The maximum Gasteiger partial charge on any atom is 0.208 e. The minimum Gasteiger partial charge on any atom is -0.394 e. The van der Waals surface area contributed by atoms with Crippen LogP contribution in [0.25, 0.3) is 0 Å². The maximum absolute atomic E-state index is 9.03. The van der Waals surface area contributed by atoms with Crippen LogP contribution in [0.1, 0.15) is 26.2 Å². The SMILES string of the molecule is CN(C)c1nnc(SCCCCC(C)(N)CO)s1. The van der Waals surface area contributed by atoms with Crippen LogP contribution in [0.15, 0.2) is 4.34 Å². The first-order valence-electron chi connectivity index (χ1n) is 5.98. The second-order valence-electron chi connectivity index (χ2n) is 4.86. The van der Waals surface area contributed by atoms with E-state index < -0.39 is 5.54 Å². The number of anilines is 1. The summed E-state index contributed by atoms with van der Waals surface area (Å²) < 4.78 is 1.01. The van der Waals surface area contributed by atoms with Crippen molar-refractivity contribution in [3.8, 4) is 0 Å². The smallest absolute Gasteiger partial charge is 0.208 e. The molecule has 0 aliphatic heterocycles. The number of nitrogens with zero attached hydrogens (tertiary/aromatic N) is 3. The second-order valence-corrected chi connectivity index (χ2v) is 7.16. The van der Waals surface area contributed by atoms with Gasteiger partial charge in [-0.15, -0.1) is 10.2 Å². The lowest BCUT2D eigenvalue weighted by Gasteiger charge is -2.20. The van der Waals surface area contributed by atoms with E-state index >= 15 is 0 Å². The van der Waals surface area contributed by atoms with Gasteiger partial charge in [0.1, 0.15) is 0 Å². The van der Waals surface area contributed by atoms with Gasteiger partial charge in [0.25, 0.3) is 0 Å². The highest BCUT2D eigenvalue weighted by molar-refractivity contribution is 8.01. The van der Waals surface area contributed by atoms with E-state index in [4.69, 9.17) is 10.8 Å². The summed E-state index contributed by atoms with van der Waals surface area (Å²) in [4.78, 5) is 1.96. The zero-order valence-corrected chi connectivity index (χ0v) is 12.9. The summed E-state index contributed by atoms with van der Waals surface area (Å²) >= 11 is 3.34. The van der Waals surface area contributed by atoms with Gasteiger partial charge in [-0.2, -0.15) is 0 Å². The number of unbranched alkanes of at least 4 members (excludes halogenated alkanes) is 1. The monoisotopic (exact) mass is 290 g/mol. The maximum atomic E-state index is 9.03. The van der Waals surface area contributed by atoms with Crippen LogP contribution >= 0.6 is 23.1 Å². The fourth-order valence-corrected chi connectivity index (χ4v) is 3.14. The van der Waals surface area contributed by atoms with Crippen molar-refractivity contribution < 1.29 is 5.11 Å². The first-order chi connectivity index (χ1) is 8.44. The minimum atomic E-state index is -0.439. The normalized spacial score (nSPS) is 14.5. The summed E-state index contributed by atoms with van der Waals surface area (Å²) in [7, 11) is 3.93. The van der Waals surface area contributed by atoms with Crippen LogP contribution < -0.4 is 10.6 Å². The molecule has 0 radical (unpaired) electrons. The molecule has 0 spiro atoms. The summed E-state index contributed by atoms with van der Waals surface area (Å²) in [6, 6.07) is 0. The third-order valence-corrected chi connectivity index (χ3v) is 4.82. The summed E-state index contributed by atoms with van der Waals surface area (Å²) in [6.07, 6.45) is 2.96. The number of aromatic nitrogens is 2. The number of aliphatic hydroxyl groups excluding tert-OH is 1. The van der Waals surface area contributed by atoms with Crippen LogP contribution in [0.2, 0.25) is 0 Å². The lowest BCUT2D eigenvalue weighted by Crippen LogP contribution is -2.39. The van der Waals surface area contributed by atoms with E-state index in [0.717, 1.165) is 34.5 Å². The minimum absolute atomic E-state index is 0.0444. The molecule has 0 amide bonds. The van der Waals surface area contributed by atoms with Gasteiger partial charge in [0.2, 0.25) is 5.13 Å². The van der Waals surface area contributed by atoms with E-state index in [2.05, 4.69) is 10.2 Å². The van der Waals surface area contributed by atoms with Crippen molar-refractivity contribution in [2.75, 3.05) is 31.4 Å². The average molecular weight is 290 g/mol. The number of rotatable bonds is 8. The predicted octanol–water partition coefficient (Wildman–Crippen LogP) is 1.58. The number of hydrogen-bond acceptors (Lipinski definition) is 7. The molecule has 1 heterocycles. The Morgan fingerprint density at radius 3 is 2.67 bits per heavy atom. The van der Waals surface area contributed by atoms with Gasteiger partial charge in [-0.3, -0.25) is 0 Å². The standard InChI is InChI=1S/C11H22N4OS2/c1-11(12,8-16)6-4-5-7-17-10-14-13-9(18-10)15(2)3/h16H,4-8,12H2,1-3H3. The van der Waals surface area contributed by atoms with Crippen LogP contribution in [0.4, 0.5) is 5.13 Å². The van der Waals surface area contributed by atoms with Crippen molar-refractivity contribution in [2.24, 2.45) is 5.73 Å². The Hall–Kier alpha value is -0.370. The lowest BCUT2D eigenvalue weighted by molar-refractivity contribution is 0.198. The molecule has 1 aromatic rings. The average Bonchev–Trinajstić information content (AvgIpc) is 2.77. The lowest BCUT2D eigenvalue weighted by atomic mass is 9.98. The van der Waals surface area contributed by atoms with Crippen molar-refractivity contribution in [1.29, 1.82) is 0 Å².